The van der Waals surface area contributed by atoms with Crippen molar-refractivity contribution in [3.63, 3.8) is 0 Å². The Bertz CT molecular complexity index is 1070. The van der Waals surface area contributed by atoms with Crippen molar-refractivity contribution in [1.82, 2.24) is 0 Å². The molecule has 5 heterocycles. The van der Waals surface area contributed by atoms with Gasteiger partial charge in [-0.1, -0.05) is 6.92 Å². The van der Waals surface area contributed by atoms with E-state index >= 15 is 0 Å². The summed E-state index contributed by atoms with van der Waals surface area (Å²) in [4.78, 5) is 24.9. The molecule has 0 N–H and O–H groups in total. The van der Waals surface area contributed by atoms with Crippen LogP contribution >= 0.6 is 0 Å². The quantitative estimate of drug-likeness (QED) is 0.639. The summed E-state index contributed by atoms with van der Waals surface area (Å²) >= 11 is 0. The van der Waals surface area contributed by atoms with Crippen LogP contribution in [-0.4, -0.2) is 35.0 Å². The predicted molar refractivity (Wildman–Crippen MR) is 111 cm³/mol. The van der Waals surface area contributed by atoms with Crippen LogP contribution in [0.25, 0.3) is 0 Å². The number of carbonyl (C=O) groups is 2. The Labute approximate surface area is 186 Å². The number of hydrogen-bond acceptors (Lipinski definition) is 7. The molecule has 6 rings (SSSR count). The maximum atomic E-state index is 13.1. The lowest BCUT2D eigenvalue weighted by Gasteiger charge is -2.36. The Morgan fingerprint density at radius 1 is 1.12 bits per heavy atom. The molecule has 1 aromatic heterocycles. The van der Waals surface area contributed by atoms with Gasteiger partial charge in [-0.2, -0.15) is 0 Å². The van der Waals surface area contributed by atoms with Gasteiger partial charge in [0.2, 0.25) is 0 Å². The van der Waals surface area contributed by atoms with Crippen LogP contribution in [0.1, 0.15) is 65.0 Å². The topological polar surface area (TPSA) is 84.2 Å². The Morgan fingerprint density at radius 3 is 2.62 bits per heavy atom. The van der Waals surface area contributed by atoms with Crippen LogP contribution < -0.4 is 0 Å². The van der Waals surface area contributed by atoms with Crippen LogP contribution in [0.2, 0.25) is 0 Å². The van der Waals surface area contributed by atoms with Crippen molar-refractivity contribution in [2.75, 3.05) is 0 Å². The first-order valence-electron chi connectivity index (χ1n) is 11.3. The first-order chi connectivity index (χ1) is 15.1. The number of furan rings is 1. The van der Waals surface area contributed by atoms with Crippen LogP contribution in [0.15, 0.2) is 46.3 Å². The second-order valence-electron chi connectivity index (χ2n) is 10.8. The normalized spacial score (nSPS) is 44.2. The highest BCUT2D eigenvalue weighted by Gasteiger charge is 2.65. The number of carbonyl (C=O) groups excluding carboxylic acids is 2. The van der Waals surface area contributed by atoms with E-state index in [-0.39, 0.29) is 30.1 Å². The minimum Gasteiger partial charge on any atom is -0.472 e. The van der Waals surface area contributed by atoms with Crippen LogP contribution in [0.5, 0.6) is 0 Å². The molecule has 5 aliphatic rings. The van der Waals surface area contributed by atoms with Gasteiger partial charge in [0.1, 0.15) is 11.7 Å². The standard InChI is InChI=1S/C25H28O7/c1-22(2)17(24(4)9-6-18(26)31-24)12-25(32-22)11-15-16(30-25)5-8-23(3)19(15)21(27)29-20(23)14-7-10-28-13-14/h6-7,9-10,13,16-17,20H,5,8,11-12H2,1-4H3/t16-,17-,20-,23+,24-,25+/m0/s1. The molecule has 6 atom stereocenters. The number of cyclic esters (lactones) is 2. The van der Waals surface area contributed by atoms with E-state index in [1.807, 2.05) is 32.9 Å². The zero-order chi connectivity index (χ0) is 22.5. The fraction of sp³-hybridized carbons (Fsp3) is 0.600. The molecular formula is C25H28O7. The second-order valence-corrected chi connectivity index (χ2v) is 10.8. The van der Waals surface area contributed by atoms with Gasteiger partial charge in [0.25, 0.3) is 0 Å². The minimum absolute atomic E-state index is 0.0796. The molecule has 0 saturated carbocycles. The van der Waals surface area contributed by atoms with Crippen molar-refractivity contribution in [3.05, 3.63) is 47.5 Å². The molecule has 0 amide bonds. The molecule has 7 heteroatoms. The van der Waals surface area contributed by atoms with Gasteiger partial charge < -0.3 is 23.4 Å². The fourth-order valence-corrected chi connectivity index (χ4v) is 6.89. The summed E-state index contributed by atoms with van der Waals surface area (Å²) in [5.74, 6) is -1.52. The van der Waals surface area contributed by atoms with Crippen molar-refractivity contribution < 1.29 is 33.0 Å². The molecular weight excluding hydrogens is 412 g/mol. The number of hydrogen-bond donors (Lipinski definition) is 0. The number of esters is 2. The largest absolute Gasteiger partial charge is 0.472 e. The van der Waals surface area contributed by atoms with Gasteiger partial charge in [-0.3, -0.25) is 0 Å². The molecule has 7 nitrogen and oxygen atoms in total. The molecule has 1 spiro atoms. The van der Waals surface area contributed by atoms with E-state index in [4.69, 9.17) is 23.4 Å². The summed E-state index contributed by atoms with van der Waals surface area (Å²) in [6, 6.07) is 1.86. The average molecular weight is 440 g/mol. The number of rotatable bonds is 2. The zero-order valence-electron chi connectivity index (χ0n) is 18.8. The molecule has 32 heavy (non-hydrogen) atoms. The van der Waals surface area contributed by atoms with E-state index in [0.29, 0.717) is 12.8 Å². The van der Waals surface area contributed by atoms with Crippen LogP contribution in [0, 0.1) is 11.3 Å². The van der Waals surface area contributed by atoms with E-state index in [1.54, 1.807) is 12.5 Å². The summed E-state index contributed by atoms with van der Waals surface area (Å²) in [6.07, 6.45) is 8.72. The molecule has 1 aliphatic carbocycles. The van der Waals surface area contributed by atoms with Gasteiger partial charge in [-0.15, -0.1) is 0 Å². The highest BCUT2D eigenvalue weighted by atomic mass is 16.7. The number of ether oxygens (including phenoxy) is 4. The SMILES string of the molecule is CC1(C)O[C@]2(CC3=C4C(=O)O[C@@H](c5ccoc5)[C@]4(C)CC[C@@H]3O2)C[C@@H]1[C@]1(C)C=CC(=O)O1. The van der Waals surface area contributed by atoms with Crippen LogP contribution in [0.4, 0.5) is 0 Å². The maximum Gasteiger partial charge on any atom is 0.335 e. The molecule has 0 bridgehead atoms. The van der Waals surface area contributed by atoms with Crippen molar-refractivity contribution >= 4 is 11.9 Å². The van der Waals surface area contributed by atoms with Gasteiger partial charge in [0.05, 0.1) is 24.2 Å². The molecule has 4 aliphatic heterocycles. The maximum absolute atomic E-state index is 13.1. The summed E-state index contributed by atoms with van der Waals surface area (Å²) in [5.41, 5.74) is 0.873. The fourth-order valence-electron chi connectivity index (χ4n) is 6.89. The van der Waals surface area contributed by atoms with Gasteiger partial charge in [0.15, 0.2) is 5.79 Å². The highest BCUT2D eigenvalue weighted by molar-refractivity contribution is 5.94. The van der Waals surface area contributed by atoms with Crippen molar-refractivity contribution in [3.8, 4) is 0 Å². The third-order valence-electron chi connectivity index (χ3n) is 8.24. The van der Waals surface area contributed by atoms with E-state index < -0.39 is 22.4 Å². The lowest BCUT2D eigenvalue weighted by atomic mass is 9.67. The first kappa shape index (κ1) is 20.2. The van der Waals surface area contributed by atoms with Gasteiger partial charge in [0, 0.05) is 41.4 Å². The van der Waals surface area contributed by atoms with Crippen LogP contribution in [-0.2, 0) is 28.5 Å². The summed E-state index contributed by atoms with van der Waals surface area (Å²) in [6.45, 7) is 8.06. The second kappa shape index (κ2) is 6.14. The zero-order valence-corrected chi connectivity index (χ0v) is 18.8. The summed E-state index contributed by atoms with van der Waals surface area (Å²) in [5, 5.41) is 0. The molecule has 0 unspecified atom stereocenters. The Kier molecular flexibility index (Phi) is 3.89. The van der Waals surface area contributed by atoms with Crippen molar-refractivity contribution in [2.24, 2.45) is 11.3 Å². The molecule has 170 valence electrons. The monoisotopic (exact) mass is 440 g/mol. The average Bonchev–Trinajstić information content (AvgIpc) is 3.48. The molecule has 3 fully saturated rings. The molecule has 3 saturated heterocycles. The third-order valence-corrected chi connectivity index (χ3v) is 8.24. The first-order valence-corrected chi connectivity index (χ1v) is 11.3. The molecule has 0 radical (unpaired) electrons. The summed E-state index contributed by atoms with van der Waals surface area (Å²) in [7, 11) is 0. The van der Waals surface area contributed by atoms with Gasteiger partial charge in [-0.25, -0.2) is 9.59 Å². The Balaban J connectivity index is 1.35. The lowest BCUT2D eigenvalue weighted by molar-refractivity contribution is -0.238. The minimum atomic E-state index is -0.841. The van der Waals surface area contributed by atoms with Crippen LogP contribution in [0.3, 0.4) is 0 Å². The van der Waals surface area contributed by atoms with Crippen molar-refractivity contribution in [2.45, 2.75) is 82.6 Å². The molecule has 1 aromatic rings. The van der Waals surface area contributed by atoms with Crippen molar-refractivity contribution in [1.29, 1.82) is 0 Å². The highest BCUT2D eigenvalue weighted by Crippen LogP contribution is 2.62. The van der Waals surface area contributed by atoms with E-state index in [2.05, 4.69) is 6.92 Å². The number of fused-ring (bicyclic) bond motifs is 2. The smallest absolute Gasteiger partial charge is 0.335 e. The predicted octanol–water partition coefficient (Wildman–Crippen LogP) is 4.15. The van der Waals surface area contributed by atoms with Gasteiger partial charge in [-0.05, 0) is 51.3 Å². The van der Waals surface area contributed by atoms with E-state index in [1.165, 1.54) is 6.08 Å². The Morgan fingerprint density at radius 2 is 1.94 bits per heavy atom. The summed E-state index contributed by atoms with van der Waals surface area (Å²) < 4.78 is 29.9. The van der Waals surface area contributed by atoms with Gasteiger partial charge >= 0.3 is 11.9 Å². The lowest BCUT2D eigenvalue weighted by Crippen LogP contribution is -2.44. The Hall–Kier alpha value is -2.38. The molecule has 0 aromatic carbocycles. The van der Waals surface area contributed by atoms with E-state index in [9.17, 15) is 9.59 Å². The van der Waals surface area contributed by atoms with E-state index in [0.717, 1.165) is 29.6 Å². The third kappa shape index (κ3) is 2.61.